The number of halogens is 1. The topological polar surface area (TPSA) is 39.3 Å². The van der Waals surface area contributed by atoms with E-state index in [1.165, 1.54) is 0 Å². The second-order valence-electron chi connectivity index (χ2n) is 5.36. The van der Waals surface area contributed by atoms with E-state index in [-0.39, 0.29) is 5.91 Å². The Morgan fingerprint density at radius 1 is 1.20 bits per heavy atom. The van der Waals surface area contributed by atoms with Crippen LogP contribution >= 0.6 is 15.9 Å². The number of amides is 1. The Morgan fingerprint density at radius 3 is 2.90 bits per heavy atom. The minimum absolute atomic E-state index is 0.104. The van der Waals surface area contributed by atoms with Gasteiger partial charge in [0.2, 0.25) is 0 Å². The van der Waals surface area contributed by atoms with E-state index in [0.717, 1.165) is 48.0 Å². The smallest absolute Gasteiger partial charge is 0.270 e. The lowest BCUT2D eigenvalue weighted by molar-refractivity contribution is 0.0758. The molecule has 2 heterocycles. The number of hydrogen-bond acceptors (Lipinski definition) is 2. The van der Waals surface area contributed by atoms with E-state index in [1.54, 1.807) is 0 Å². The van der Waals surface area contributed by atoms with Gasteiger partial charge < -0.3 is 14.8 Å². The number of nitrogens with zero attached hydrogens (tertiary/aromatic N) is 2. The molecule has 1 aliphatic heterocycles. The first kappa shape index (κ1) is 13.6. The van der Waals surface area contributed by atoms with Crippen LogP contribution in [0, 0.1) is 0 Å². The first-order chi connectivity index (χ1) is 9.63. The summed E-state index contributed by atoms with van der Waals surface area (Å²) in [6.45, 7) is 3.64. The Kier molecular flexibility index (Phi) is 3.81. The van der Waals surface area contributed by atoms with Gasteiger partial charge in [-0.05, 0) is 44.3 Å². The summed E-state index contributed by atoms with van der Waals surface area (Å²) in [5.41, 5.74) is 1.69. The Labute approximate surface area is 126 Å². The Morgan fingerprint density at radius 2 is 2.05 bits per heavy atom. The summed E-state index contributed by atoms with van der Waals surface area (Å²) in [6, 6.07) is 7.94. The van der Waals surface area contributed by atoms with Crippen molar-refractivity contribution in [1.82, 2.24) is 14.8 Å². The highest BCUT2D eigenvalue weighted by molar-refractivity contribution is 9.10. The van der Waals surface area contributed by atoms with Crippen molar-refractivity contribution in [2.24, 2.45) is 0 Å². The minimum Gasteiger partial charge on any atom is -0.351 e. The number of carbonyl (C=O) groups excluding carboxylic acids is 1. The molecule has 1 fully saturated rings. The molecule has 2 aromatic rings. The third-order valence-electron chi connectivity index (χ3n) is 3.82. The maximum atomic E-state index is 12.6. The average Bonchev–Trinajstić information content (AvgIpc) is 2.72. The van der Waals surface area contributed by atoms with E-state index in [1.807, 2.05) is 29.2 Å². The van der Waals surface area contributed by atoms with Crippen LogP contribution in [0.1, 0.15) is 16.9 Å². The first-order valence-corrected chi connectivity index (χ1v) is 7.69. The van der Waals surface area contributed by atoms with Gasteiger partial charge in [0.15, 0.2) is 0 Å². The van der Waals surface area contributed by atoms with Crippen molar-refractivity contribution in [1.29, 1.82) is 0 Å². The third-order valence-corrected chi connectivity index (χ3v) is 4.31. The highest BCUT2D eigenvalue weighted by atomic mass is 79.9. The fourth-order valence-corrected chi connectivity index (χ4v) is 3.02. The zero-order chi connectivity index (χ0) is 14.1. The molecule has 0 unspecified atom stereocenters. The summed E-state index contributed by atoms with van der Waals surface area (Å²) in [4.78, 5) is 20.0. The standard InChI is InChI=1S/C15H18BrN3O/c1-18-5-2-6-19(8-7-18)15(20)14-10-11-9-12(16)3-4-13(11)17-14/h3-4,9-10,17H,2,5-8H2,1H3. The van der Waals surface area contributed by atoms with Crippen molar-refractivity contribution < 1.29 is 4.79 Å². The van der Waals surface area contributed by atoms with Gasteiger partial charge >= 0.3 is 0 Å². The van der Waals surface area contributed by atoms with Gasteiger partial charge in [-0.1, -0.05) is 15.9 Å². The highest BCUT2D eigenvalue weighted by Crippen LogP contribution is 2.21. The van der Waals surface area contributed by atoms with Gasteiger partial charge in [-0.2, -0.15) is 0 Å². The van der Waals surface area contributed by atoms with Crippen LogP contribution in [0.15, 0.2) is 28.7 Å². The van der Waals surface area contributed by atoms with E-state index in [2.05, 4.69) is 32.9 Å². The molecule has 20 heavy (non-hydrogen) atoms. The number of likely N-dealkylation sites (N-methyl/N-ethyl adjacent to an activating group) is 1. The van der Waals surface area contributed by atoms with Gasteiger partial charge in [0, 0.05) is 35.0 Å². The molecule has 5 heteroatoms. The molecule has 0 saturated carbocycles. The summed E-state index contributed by atoms with van der Waals surface area (Å²) in [5.74, 6) is 0.104. The predicted molar refractivity (Wildman–Crippen MR) is 84.0 cm³/mol. The molecule has 1 aromatic carbocycles. The normalized spacial score (nSPS) is 17.4. The fourth-order valence-electron chi connectivity index (χ4n) is 2.64. The SMILES string of the molecule is CN1CCCN(C(=O)c2cc3cc(Br)ccc3[nH]2)CC1. The van der Waals surface area contributed by atoms with Crippen LogP contribution < -0.4 is 0 Å². The molecule has 106 valence electrons. The maximum absolute atomic E-state index is 12.6. The molecule has 1 aromatic heterocycles. The van der Waals surface area contributed by atoms with E-state index in [4.69, 9.17) is 0 Å². The van der Waals surface area contributed by atoms with Crippen LogP contribution in [0.25, 0.3) is 10.9 Å². The number of H-pyrrole nitrogens is 1. The summed E-state index contributed by atoms with van der Waals surface area (Å²) < 4.78 is 1.03. The first-order valence-electron chi connectivity index (χ1n) is 6.89. The maximum Gasteiger partial charge on any atom is 0.270 e. The number of fused-ring (bicyclic) bond motifs is 1. The summed E-state index contributed by atoms with van der Waals surface area (Å²) in [6.07, 6.45) is 1.04. The molecular weight excluding hydrogens is 318 g/mol. The zero-order valence-electron chi connectivity index (χ0n) is 11.5. The zero-order valence-corrected chi connectivity index (χ0v) is 13.1. The van der Waals surface area contributed by atoms with Crippen LogP contribution in [-0.4, -0.2) is 53.9 Å². The van der Waals surface area contributed by atoms with Gasteiger partial charge in [0.1, 0.15) is 5.69 Å². The molecule has 0 radical (unpaired) electrons. The van der Waals surface area contributed by atoms with Crippen LogP contribution in [-0.2, 0) is 0 Å². The number of benzene rings is 1. The second kappa shape index (κ2) is 5.58. The molecular formula is C15H18BrN3O. The van der Waals surface area contributed by atoms with Crippen molar-refractivity contribution in [3.63, 3.8) is 0 Å². The highest BCUT2D eigenvalue weighted by Gasteiger charge is 2.20. The number of carbonyl (C=O) groups is 1. The Balaban J connectivity index is 1.84. The predicted octanol–water partition coefficient (Wildman–Crippen LogP) is 2.71. The number of aromatic nitrogens is 1. The third kappa shape index (κ3) is 2.74. The second-order valence-corrected chi connectivity index (χ2v) is 6.28. The summed E-state index contributed by atoms with van der Waals surface area (Å²) in [5, 5.41) is 1.06. The van der Waals surface area contributed by atoms with Gasteiger partial charge in [0.25, 0.3) is 5.91 Å². The number of hydrogen-bond donors (Lipinski definition) is 1. The van der Waals surface area contributed by atoms with Crippen molar-refractivity contribution >= 4 is 32.7 Å². The lowest BCUT2D eigenvalue weighted by Crippen LogP contribution is -2.34. The number of aromatic amines is 1. The fraction of sp³-hybridized carbons (Fsp3) is 0.400. The summed E-state index contributed by atoms with van der Waals surface area (Å²) in [7, 11) is 2.11. The lowest BCUT2D eigenvalue weighted by atomic mass is 10.2. The van der Waals surface area contributed by atoms with Crippen molar-refractivity contribution in [3.05, 3.63) is 34.4 Å². The van der Waals surface area contributed by atoms with Gasteiger partial charge in [-0.15, -0.1) is 0 Å². The van der Waals surface area contributed by atoms with Crippen molar-refractivity contribution in [2.75, 3.05) is 33.2 Å². The van der Waals surface area contributed by atoms with E-state index in [0.29, 0.717) is 5.69 Å². The van der Waals surface area contributed by atoms with Crippen LogP contribution in [0.2, 0.25) is 0 Å². The number of rotatable bonds is 1. The molecule has 0 spiro atoms. The molecule has 1 saturated heterocycles. The van der Waals surface area contributed by atoms with E-state index in [9.17, 15) is 4.79 Å². The quantitative estimate of drug-likeness (QED) is 0.870. The van der Waals surface area contributed by atoms with E-state index >= 15 is 0 Å². The molecule has 1 N–H and O–H groups in total. The van der Waals surface area contributed by atoms with Crippen LogP contribution in [0.3, 0.4) is 0 Å². The number of nitrogens with one attached hydrogen (secondary N) is 1. The molecule has 4 nitrogen and oxygen atoms in total. The molecule has 0 bridgehead atoms. The monoisotopic (exact) mass is 335 g/mol. The van der Waals surface area contributed by atoms with Crippen molar-refractivity contribution in [2.45, 2.75) is 6.42 Å². The molecule has 1 aliphatic rings. The van der Waals surface area contributed by atoms with Gasteiger partial charge in [-0.3, -0.25) is 4.79 Å². The summed E-state index contributed by atoms with van der Waals surface area (Å²) >= 11 is 3.46. The molecule has 1 amide bonds. The average molecular weight is 336 g/mol. The van der Waals surface area contributed by atoms with Crippen LogP contribution in [0.5, 0.6) is 0 Å². The molecule has 3 rings (SSSR count). The Bertz CT molecular complexity index is 637. The largest absolute Gasteiger partial charge is 0.351 e. The van der Waals surface area contributed by atoms with Crippen molar-refractivity contribution in [3.8, 4) is 0 Å². The molecule has 0 atom stereocenters. The van der Waals surface area contributed by atoms with E-state index < -0.39 is 0 Å². The minimum atomic E-state index is 0.104. The van der Waals surface area contributed by atoms with Gasteiger partial charge in [0.05, 0.1) is 0 Å². The molecule has 0 aliphatic carbocycles. The van der Waals surface area contributed by atoms with Gasteiger partial charge in [-0.25, -0.2) is 0 Å². The Hall–Kier alpha value is -1.33. The van der Waals surface area contributed by atoms with Crippen LogP contribution in [0.4, 0.5) is 0 Å². The lowest BCUT2D eigenvalue weighted by Gasteiger charge is -2.19.